The standard InChI is InChI=1S/C22H14Cl2N2O4/c1-12-3-2-4-14(9-12)26-21(28)17(20(27)25-22(26)29)11-15-6-8-19(30-15)16-7-5-13(23)10-18(16)24/h2-11H,1H3,(H,25,27,29)/b17-11-. The topological polar surface area (TPSA) is 79.6 Å². The normalized spacial score (nSPS) is 15.6. The Kier molecular flexibility index (Phi) is 5.20. The van der Waals surface area contributed by atoms with Crippen LogP contribution in [0.4, 0.5) is 10.5 Å². The minimum atomic E-state index is -0.805. The van der Waals surface area contributed by atoms with Gasteiger partial charge >= 0.3 is 6.03 Å². The molecule has 1 aromatic heterocycles. The van der Waals surface area contributed by atoms with Crippen LogP contribution in [0.5, 0.6) is 0 Å². The van der Waals surface area contributed by atoms with Gasteiger partial charge in [0.05, 0.1) is 10.7 Å². The van der Waals surface area contributed by atoms with Crippen LogP contribution in [0.2, 0.25) is 10.0 Å². The summed E-state index contributed by atoms with van der Waals surface area (Å²) in [6.45, 7) is 1.84. The number of halogens is 2. The highest BCUT2D eigenvalue weighted by Gasteiger charge is 2.37. The maximum Gasteiger partial charge on any atom is 0.335 e. The van der Waals surface area contributed by atoms with E-state index in [0.29, 0.717) is 27.1 Å². The first-order valence-corrected chi connectivity index (χ1v) is 9.62. The van der Waals surface area contributed by atoms with E-state index in [1.54, 1.807) is 48.5 Å². The molecule has 2 aromatic carbocycles. The summed E-state index contributed by atoms with van der Waals surface area (Å²) in [5.74, 6) is -0.833. The van der Waals surface area contributed by atoms with Crippen LogP contribution in [-0.2, 0) is 9.59 Å². The zero-order valence-corrected chi connectivity index (χ0v) is 17.1. The van der Waals surface area contributed by atoms with Crippen molar-refractivity contribution in [1.29, 1.82) is 0 Å². The van der Waals surface area contributed by atoms with Gasteiger partial charge in [-0.1, -0.05) is 35.3 Å². The molecule has 0 unspecified atom stereocenters. The molecule has 0 atom stereocenters. The number of barbiturate groups is 1. The molecule has 1 N–H and O–H groups in total. The lowest BCUT2D eigenvalue weighted by atomic mass is 10.1. The van der Waals surface area contributed by atoms with Crippen molar-refractivity contribution in [3.63, 3.8) is 0 Å². The lowest BCUT2D eigenvalue weighted by molar-refractivity contribution is -0.122. The van der Waals surface area contributed by atoms with E-state index < -0.39 is 17.8 Å². The fraction of sp³-hybridized carbons (Fsp3) is 0.0455. The second-order valence-electron chi connectivity index (χ2n) is 6.62. The highest BCUT2D eigenvalue weighted by molar-refractivity contribution is 6.39. The Labute approximate surface area is 181 Å². The molecule has 0 spiro atoms. The van der Waals surface area contributed by atoms with Crippen LogP contribution < -0.4 is 10.2 Å². The average molecular weight is 441 g/mol. The van der Waals surface area contributed by atoms with Crippen molar-refractivity contribution in [2.45, 2.75) is 6.92 Å². The molecule has 8 heteroatoms. The van der Waals surface area contributed by atoms with Crippen molar-refractivity contribution in [3.8, 4) is 11.3 Å². The predicted molar refractivity (Wildman–Crippen MR) is 114 cm³/mol. The van der Waals surface area contributed by atoms with Crippen molar-refractivity contribution in [2.24, 2.45) is 0 Å². The van der Waals surface area contributed by atoms with E-state index in [0.717, 1.165) is 10.5 Å². The maximum absolute atomic E-state index is 12.9. The monoisotopic (exact) mass is 440 g/mol. The molecule has 0 saturated carbocycles. The summed E-state index contributed by atoms with van der Waals surface area (Å²) in [6.07, 6.45) is 1.29. The number of carbonyl (C=O) groups excluding carboxylic acids is 3. The number of nitrogens with zero attached hydrogens (tertiary/aromatic N) is 1. The highest BCUT2D eigenvalue weighted by atomic mass is 35.5. The Morgan fingerprint density at radius 2 is 1.80 bits per heavy atom. The van der Waals surface area contributed by atoms with Gasteiger partial charge < -0.3 is 4.42 Å². The van der Waals surface area contributed by atoms with Gasteiger partial charge in [0.25, 0.3) is 11.8 Å². The fourth-order valence-electron chi connectivity index (χ4n) is 3.07. The smallest absolute Gasteiger partial charge is 0.335 e. The van der Waals surface area contributed by atoms with Crippen LogP contribution in [0.15, 0.2) is 64.6 Å². The minimum absolute atomic E-state index is 0.223. The van der Waals surface area contributed by atoms with Gasteiger partial charge in [-0.05, 0) is 61.0 Å². The van der Waals surface area contributed by atoms with Crippen molar-refractivity contribution in [2.75, 3.05) is 4.90 Å². The number of hydrogen-bond donors (Lipinski definition) is 1. The first-order chi connectivity index (χ1) is 14.3. The van der Waals surface area contributed by atoms with Crippen molar-refractivity contribution < 1.29 is 18.8 Å². The quantitative estimate of drug-likeness (QED) is 0.446. The summed E-state index contributed by atoms with van der Waals surface area (Å²) in [4.78, 5) is 38.4. The molecule has 6 nitrogen and oxygen atoms in total. The Balaban J connectivity index is 1.69. The predicted octanol–water partition coefficient (Wildman–Crippen LogP) is 5.23. The molecule has 3 aromatic rings. The van der Waals surface area contributed by atoms with Gasteiger partial charge in [0, 0.05) is 10.6 Å². The van der Waals surface area contributed by atoms with Crippen molar-refractivity contribution in [1.82, 2.24) is 5.32 Å². The van der Waals surface area contributed by atoms with Crippen LogP contribution in [0.1, 0.15) is 11.3 Å². The second kappa shape index (κ2) is 7.82. The Bertz CT molecular complexity index is 1230. The first-order valence-electron chi connectivity index (χ1n) is 8.87. The number of amides is 4. The second-order valence-corrected chi connectivity index (χ2v) is 7.47. The average Bonchev–Trinajstić information content (AvgIpc) is 3.13. The molecule has 30 heavy (non-hydrogen) atoms. The zero-order chi connectivity index (χ0) is 21.4. The van der Waals surface area contributed by atoms with Gasteiger partial charge in [-0.3, -0.25) is 14.9 Å². The van der Waals surface area contributed by atoms with Crippen LogP contribution in [-0.4, -0.2) is 17.8 Å². The van der Waals surface area contributed by atoms with E-state index in [4.69, 9.17) is 27.6 Å². The number of urea groups is 1. The van der Waals surface area contributed by atoms with E-state index >= 15 is 0 Å². The van der Waals surface area contributed by atoms with Gasteiger partial charge in [0.1, 0.15) is 17.1 Å². The van der Waals surface area contributed by atoms with Gasteiger partial charge in [-0.2, -0.15) is 0 Å². The molecule has 1 saturated heterocycles. The number of hydrogen-bond acceptors (Lipinski definition) is 4. The van der Waals surface area contributed by atoms with E-state index in [-0.39, 0.29) is 11.3 Å². The summed E-state index contributed by atoms with van der Waals surface area (Å²) in [6, 6.07) is 14.3. The highest BCUT2D eigenvalue weighted by Crippen LogP contribution is 2.32. The number of anilines is 1. The summed E-state index contributed by atoms with van der Waals surface area (Å²) >= 11 is 12.1. The summed E-state index contributed by atoms with van der Waals surface area (Å²) < 4.78 is 5.74. The largest absolute Gasteiger partial charge is 0.457 e. The molecular weight excluding hydrogens is 427 g/mol. The molecule has 1 fully saturated rings. The van der Waals surface area contributed by atoms with Crippen molar-refractivity contribution >= 4 is 52.8 Å². The summed E-state index contributed by atoms with van der Waals surface area (Å²) in [5, 5.41) is 3.07. The maximum atomic E-state index is 12.9. The third-order valence-electron chi connectivity index (χ3n) is 4.47. The van der Waals surface area contributed by atoms with E-state index in [2.05, 4.69) is 5.32 Å². The van der Waals surface area contributed by atoms with Gasteiger partial charge in [-0.25, -0.2) is 9.69 Å². The number of aryl methyl sites for hydroxylation is 1. The third-order valence-corrected chi connectivity index (χ3v) is 5.02. The molecule has 0 aliphatic carbocycles. The first kappa shape index (κ1) is 19.9. The lowest BCUT2D eigenvalue weighted by Gasteiger charge is -2.26. The molecular formula is C22H14Cl2N2O4. The van der Waals surface area contributed by atoms with Crippen LogP contribution in [0.25, 0.3) is 17.4 Å². The van der Waals surface area contributed by atoms with Crippen LogP contribution >= 0.6 is 23.2 Å². The van der Waals surface area contributed by atoms with Crippen molar-refractivity contribution in [3.05, 3.63) is 81.5 Å². The number of benzene rings is 2. The summed E-state index contributed by atoms with van der Waals surface area (Å²) in [5.41, 5.74) is 1.62. The lowest BCUT2D eigenvalue weighted by Crippen LogP contribution is -2.54. The molecule has 4 amide bonds. The molecule has 1 aliphatic heterocycles. The fourth-order valence-corrected chi connectivity index (χ4v) is 3.57. The molecule has 4 rings (SSSR count). The minimum Gasteiger partial charge on any atom is -0.457 e. The van der Waals surface area contributed by atoms with E-state index in [1.807, 2.05) is 13.0 Å². The summed E-state index contributed by atoms with van der Waals surface area (Å²) in [7, 11) is 0. The number of carbonyl (C=O) groups is 3. The number of rotatable bonds is 3. The van der Waals surface area contributed by atoms with E-state index in [9.17, 15) is 14.4 Å². The van der Waals surface area contributed by atoms with Gasteiger partial charge in [-0.15, -0.1) is 0 Å². The molecule has 150 valence electrons. The molecule has 1 aliphatic rings. The Morgan fingerprint density at radius 3 is 2.53 bits per heavy atom. The molecule has 2 heterocycles. The molecule has 0 bridgehead atoms. The molecule has 0 radical (unpaired) electrons. The Morgan fingerprint density at radius 1 is 1.00 bits per heavy atom. The number of nitrogens with one attached hydrogen (secondary N) is 1. The zero-order valence-electron chi connectivity index (χ0n) is 15.6. The van der Waals surface area contributed by atoms with Gasteiger partial charge in [0.15, 0.2) is 0 Å². The third kappa shape index (κ3) is 3.75. The van der Waals surface area contributed by atoms with Gasteiger partial charge in [0.2, 0.25) is 0 Å². The van der Waals surface area contributed by atoms with Crippen LogP contribution in [0, 0.1) is 6.92 Å². The Hall–Kier alpha value is -3.35. The number of furan rings is 1. The SMILES string of the molecule is Cc1cccc(N2C(=O)NC(=O)/C(=C/c3ccc(-c4ccc(Cl)cc4Cl)o3)C2=O)c1. The number of imide groups is 2. The van der Waals surface area contributed by atoms with E-state index in [1.165, 1.54) is 6.08 Å². The van der Waals surface area contributed by atoms with Crippen LogP contribution in [0.3, 0.4) is 0 Å².